The number of hydrogen-bond acceptors (Lipinski definition) is 3. The van der Waals surface area contributed by atoms with E-state index in [1.807, 2.05) is 0 Å². The molecule has 25 heavy (non-hydrogen) atoms. The molecule has 2 heterocycles. The molecule has 0 aliphatic carbocycles. The van der Waals surface area contributed by atoms with Crippen molar-refractivity contribution >= 4 is 11.6 Å². The molecule has 0 atom stereocenters. The van der Waals surface area contributed by atoms with E-state index < -0.39 is 11.7 Å². The van der Waals surface area contributed by atoms with E-state index in [4.69, 9.17) is 4.74 Å². The molecular weight excluding hydrogens is 333 g/mol. The Hall–Kier alpha value is -1.76. The van der Waals surface area contributed by atoms with E-state index in [9.17, 15) is 18.0 Å². The number of hydrogen-bond donors (Lipinski definition) is 0. The molecule has 0 saturated carbocycles. The van der Waals surface area contributed by atoms with Crippen LogP contribution in [0.1, 0.15) is 37.3 Å². The number of rotatable bonds is 4. The van der Waals surface area contributed by atoms with Gasteiger partial charge in [-0.1, -0.05) is 6.42 Å². The number of benzene rings is 1. The van der Waals surface area contributed by atoms with Crippen molar-refractivity contribution in [3.05, 3.63) is 23.3 Å². The maximum atomic E-state index is 13.4. The van der Waals surface area contributed by atoms with Crippen LogP contribution in [0, 0.1) is 0 Å². The predicted octanol–water partition coefficient (Wildman–Crippen LogP) is 3.48. The highest BCUT2D eigenvalue weighted by molar-refractivity contribution is 5.94. The quantitative estimate of drug-likeness (QED) is 0.828. The van der Waals surface area contributed by atoms with Crippen molar-refractivity contribution in [3.63, 3.8) is 0 Å². The lowest BCUT2D eigenvalue weighted by atomic mass is 10.1. The molecule has 1 saturated heterocycles. The molecular formula is C18H23F3N2O2. The Morgan fingerprint density at radius 1 is 1.16 bits per heavy atom. The molecule has 1 amide bonds. The van der Waals surface area contributed by atoms with Gasteiger partial charge in [-0.25, -0.2) is 0 Å². The summed E-state index contributed by atoms with van der Waals surface area (Å²) >= 11 is 0. The average Bonchev–Trinajstić information content (AvgIpc) is 2.97. The van der Waals surface area contributed by atoms with Crippen molar-refractivity contribution in [1.82, 2.24) is 4.90 Å². The zero-order valence-corrected chi connectivity index (χ0v) is 14.4. The van der Waals surface area contributed by atoms with Crippen molar-refractivity contribution in [2.45, 2.75) is 38.8 Å². The van der Waals surface area contributed by atoms with Crippen LogP contribution in [-0.4, -0.2) is 43.6 Å². The van der Waals surface area contributed by atoms with Crippen LogP contribution < -0.4 is 9.64 Å². The summed E-state index contributed by atoms with van der Waals surface area (Å²) in [6.07, 6.45) is -0.576. The van der Waals surface area contributed by atoms with Gasteiger partial charge in [0, 0.05) is 26.1 Å². The second-order valence-corrected chi connectivity index (χ2v) is 6.65. The van der Waals surface area contributed by atoms with E-state index in [0.29, 0.717) is 30.8 Å². The van der Waals surface area contributed by atoms with Gasteiger partial charge in [-0.15, -0.1) is 0 Å². The lowest BCUT2D eigenvalue weighted by Crippen LogP contribution is -2.33. The van der Waals surface area contributed by atoms with E-state index in [0.717, 1.165) is 32.0 Å². The van der Waals surface area contributed by atoms with Gasteiger partial charge in [0.05, 0.1) is 11.3 Å². The van der Waals surface area contributed by atoms with Crippen LogP contribution in [0.2, 0.25) is 0 Å². The van der Waals surface area contributed by atoms with Gasteiger partial charge in [-0.3, -0.25) is 9.69 Å². The average molecular weight is 356 g/mol. The molecule has 138 valence electrons. The molecule has 0 unspecified atom stereocenters. The maximum absolute atomic E-state index is 13.4. The summed E-state index contributed by atoms with van der Waals surface area (Å²) in [5.41, 5.74) is 0.328. The number of likely N-dealkylation sites (tertiary alicyclic amines) is 1. The minimum atomic E-state index is -4.47. The van der Waals surface area contributed by atoms with Gasteiger partial charge in [0.15, 0.2) is 0 Å². The third kappa shape index (κ3) is 4.08. The van der Waals surface area contributed by atoms with E-state index >= 15 is 0 Å². The second-order valence-electron chi connectivity index (χ2n) is 6.65. The van der Waals surface area contributed by atoms with Crippen LogP contribution >= 0.6 is 0 Å². The number of halogens is 3. The van der Waals surface area contributed by atoms with Gasteiger partial charge in [0.2, 0.25) is 5.91 Å². The summed E-state index contributed by atoms with van der Waals surface area (Å²) in [6.45, 7) is 4.60. The Labute approximate surface area is 145 Å². The number of fused-ring (bicyclic) bond motifs is 1. The van der Waals surface area contributed by atoms with E-state index in [2.05, 4.69) is 4.90 Å². The molecule has 4 nitrogen and oxygen atoms in total. The lowest BCUT2D eigenvalue weighted by Gasteiger charge is -2.26. The minimum absolute atomic E-state index is 0.169. The lowest BCUT2D eigenvalue weighted by molar-refractivity contribution is -0.139. The van der Waals surface area contributed by atoms with Crippen LogP contribution in [0.4, 0.5) is 18.9 Å². The van der Waals surface area contributed by atoms with Gasteiger partial charge < -0.3 is 9.64 Å². The molecule has 2 aliphatic rings. The second kappa shape index (κ2) is 7.23. The Balaban J connectivity index is 1.78. The Bertz CT molecular complexity index is 640. The number of alkyl halides is 3. The number of anilines is 1. The highest BCUT2D eigenvalue weighted by Gasteiger charge is 2.37. The normalized spacial score (nSPS) is 18.3. The molecule has 0 bridgehead atoms. The Morgan fingerprint density at radius 3 is 2.52 bits per heavy atom. The van der Waals surface area contributed by atoms with E-state index in [-0.39, 0.29) is 18.3 Å². The van der Waals surface area contributed by atoms with E-state index in [1.54, 1.807) is 0 Å². The third-order valence-corrected chi connectivity index (χ3v) is 4.88. The number of carbonyl (C=O) groups is 1. The van der Waals surface area contributed by atoms with E-state index in [1.165, 1.54) is 24.3 Å². The first-order chi connectivity index (χ1) is 11.9. The van der Waals surface area contributed by atoms with Crippen LogP contribution in [0.3, 0.4) is 0 Å². The highest BCUT2D eigenvalue weighted by Crippen LogP contribution is 2.42. The first kappa shape index (κ1) is 18.0. The van der Waals surface area contributed by atoms with Gasteiger partial charge in [0.1, 0.15) is 12.4 Å². The smallest absolute Gasteiger partial charge is 0.419 e. The van der Waals surface area contributed by atoms with Crippen molar-refractivity contribution in [3.8, 4) is 5.75 Å². The SMILES string of the molecule is CC(=O)N1CCc2cc(C(F)(F)F)c(OCCN3CCCCC3)cc21. The number of piperidine rings is 1. The third-order valence-electron chi connectivity index (χ3n) is 4.88. The molecule has 2 aliphatic heterocycles. The van der Waals surface area contributed by atoms with Crippen LogP contribution in [-0.2, 0) is 17.4 Å². The summed E-state index contributed by atoms with van der Waals surface area (Å²) < 4.78 is 45.7. The fourth-order valence-corrected chi connectivity index (χ4v) is 3.55. The van der Waals surface area contributed by atoms with Crippen molar-refractivity contribution < 1.29 is 22.7 Å². The molecule has 1 aromatic rings. The molecule has 0 radical (unpaired) electrons. The molecule has 1 fully saturated rings. The maximum Gasteiger partial charge on any atom is 0.419 e. The first-order valence-corrected chi connectivity index (χ1v) is 8.73. The van der Waals surface area contributed by atoms with Crippen molar-refractivity contribution in [1.29, 1.82) is 0 Å². The van der Waals surface area contributed by atoms with Gasteiger partial charge >= 0.3 is 6.18 Å². The fourth-order valence-electron chi connectivity index (χ4n) is 3.55. The number of carbonyl (C=O) groups excluding carboxylic acids is 1. The molecule has 0 N–H and O–H groups in total. The van der Waals surface area contributed by atoms with Crippen molar-refractivity contribution in [2.75, 3.05) is 37.7 Å². The monoisotopic (exact) mass is 356 g/mol. The Morgan fingerprint density at radius 2 is 1.88 bits per heavy atom. The molecule has 0 spiro atoms. The minimum Gasteiger partial charge on any atom is -0.492 e. The summed E-state index contributed by atoms with van der Waals surface area (Å²) in [5.74, 6) is -0.353. The zero-order chi connectivity index (χ0) is 18.0. The van der Waals surface area contributed by atoms with Crippen LogP contribution in [0.25, 0.3) is 0 Å². The molecule has 1 aromatic carbocycles. The van der Waals surface area contributed by atoms with Gasteiger partial charge in [0.25, 0.3) is 0 Å². The van der Waals surface area contributed by atoms with Crippen molar-refractivity contribution in [2.24, 2.45) is 0 Å². The van der Waals surface area contributed by atoms with Gasteiger partial charge in [-0.2, -0.15) is 13.2 Å². The summed E-state index contributed by atoms with van der Waals surface area (Å²) in [7, 11) is 0. The molecule has 7 heteroatoms. The zero-order valence-electron chi connectivity index (χ0n) is 14.4. The first-order valence-electron chi connectivity index (χ1n) is 8.73. The van der Waals surface area contributed by atoms with Crippen LogP contribution in [0.15, 0.2) is 12.1 Å². The standard InChI is InChI=1S/C18H23F3N2O2/c1-13(24)23-8-5-14-11-15(18(19,20)21)17(12-16(14)23)25-10-9-22-6-3-2-4-7-22/h11-12H,2-10H2,1H3. The number of nitrogens with zero attached hydrogens (tertiary/aromatic N) is 2. The largest absolute Gasteiger partial charge is 0.492 e. The summed E-state index contributed by atoms with van der Waals surface area (Å²) in [4.78, 5) is 15.4. The summed E-state index contributed by atoms with van der Waals surface area (Å²) in [6, 6.07) is 2.51. The molecule has 0 aromatic heterocycles. The topological polar surface area (TPSA) is 32.8 Å². The predicted molar refractivity (Wildman–Crippen MR) is 89.0 cm³/mol. The molecule has 3 rings (SSSR count). The highest BCUT2D eigenvalue weighted by atomic mass is 19.4. The number of amides is 1. The van der Waals surface area contributed by atoms with Gasteiger partial charge in [-0.05, 0) is 44.0 Å². The number of ether oxygens (including phenoxy) is 1. The fraction of sp³-hybridized carbons (Fsp3) is 0.611. The van der Waals surface area contributed by atoms with Crippen LogP contribution in [0.5, 0.6) is 5.75 Å². The summed E-state index contributed by atoms with van der Waals surface area (Å²) in [5, 5.41) is 0. The Kier molecular flexibility index (Phi) is 5.22.